The highest BCUT2D eigenvalue weighted by atomic mass is 16.3. The van der Waals surface area contributed by atoms with Gasteiger partial charge >= 0.3 is 0 Å². The molecule has 0 radical (unpaired) electrons. The van der Waals surface area contributed by atoms with E-state index in [9.17, 15) is 5.11 Å². The third-order valence-electron chi connectivity index (χ3n) is 1.73. The SMILES string of the molecule is C[C@@H](N)c1cnn(CC(C)(C)O)c1. The summed E-state index contributed by atoms with van der Waals surface area (Å²) in [5.41, 5.74) is 5.93. The molecule has 1 atom stereocenters. The summed E-state index contributed by atoms with van der Waals surface area (Å²) in [5.74, 6) is 0. The van der Waals surface area contributed by atoms with Gasteiger partial charge < -0.3 is 10.8 Å². The molecule has 0 saturated carbocycles. The van der Waals surface area contributed by atoms with Crippen LogP contribution in [0.4, 0.5) is 0 Å². The van der Waals surface area contributed by atoms with Crippen LogP contribution in [0.15, 0.2) is 12.4 Å². The normalized spacial score (nSPS) is 14.5. The monoisotopic (exact) mass is 183 g/mol. The number of hydrogen-bond acceptors (Lipinski definition) is 3. The minimum atomic E-state index is -0.735. The van der Waals surface area contributed by atoms with E-state index in [-0.39, 0.29) is 6.04 Å². The van der Waals surface area contributed by atoms with Crippen molar-refractivity contribution in [1.82, 2.24) is 9.78 Å². The van der Waals surface area contributed by atoms with Gasteiger partial charge in [0, 0.05) is 17.8 Å². The van der Waals surface area contributed by atoms with Gasteiger partial charge in [-0.1, -0.05) is 0 Å². The predicted molar refractivity (Wildman–Crippen MR) is 51.1 cm³/mol. The Balaban J connectivity index is 2.70. The highest BCUT2D eigenvalue weighted by Crippen LogP contribution is 2.10. The van der Waals surface area contributed by atoms with Crippen LogP contribution in [-0.2, 0) is 6.54 Å². The highest BCUT2D eigenvalue weighted by Gasteiger charge is 2.14. The number of nitrogens with two attached hydrogens (primary N) is 1. The van der Waals surface area contributed by atoms with Crippen molar-refractivity contribution in [2.75, 3.05) is 0 Å². The van der Waals surface area contributed by atoms with Gasteiger partial charge in [-0.15, -0.1) is 0 Å². The lowest BCUT2D eigenvalue weighted by Crippen LogP contribution is -2.26. The number of nitrogens with zero attached hydrogens (tertiary/aromatic N) is 2. The van der Waals surface area contributed by atoms with E-state index in [4.69, 9.17) is 5.73 Å². The Morgan fingerprint density at radius 3 is 2.69 bits per heavy atom. The fourth-order valence-corrected chi connectivity index (χ4v) is 1.10. The summed E-state index contributed by atoms with van der Waals surface area (Å²) in [4.78, 5) is 0. The Labute approximate surface area is 78.4 Å². The molecule has 0 aromatic carbocycles. The number of aromatic nitrogens is 2. The van der Waals surface area contributed by atoms with Crippen LogP contribution in [0, 0.1) is 0 Å². The summed E-state index contributed by atoms with van der Waals surface area (Å²) in [6, 6.07) is -0.00412. The fourth-order valence-electron chi connectivity index (χ4n) is 1.10. The summed E-state index contributed by atoms with van der Waals surface area (Å²) in [7, 11) is 0. The molecule has 0 spiro atoms. The zero-order valence-corrected chi connectivity index (χ0v) is 8.36. The van der Waals surface area contributed by atoms with Gasteiger partial charge in [-0.2, -0.15) is 5.10 Å². The molecule has 0 bridgehead atoms. The minimum absolute atomic E-state index is 0.00412. The van der Waals surface area contributed by atoms with Crippen LogP contribution in [-0.4, -0.2) is 20.5 Å². The molecular formula is C9H17N3O. The standard InChI is InChI=1S/C9H17N3O/c1-7(10)8-4-11-12(5-8)6-9(2,3)13/h4-5,7,13H,6,10H2,1-3H3/t7-/m1/s1. The molecule has 0 aliphatic rings. The van der Waals surface area contributed by atoms with Crippen molar-refractivity contribution in [2.45, 2.75) is 39.0 Å². The van der Waals surface area contributed by atoms with Crippen LogP contribution in [0.3, 0.4) is 0 Å². The van der Waals surface area contributed by atoms with E-state index in [2.05, 4.69) is 5.10 Å². The van der Waals surface area contributed by atoms with Crippen molar-refractivity contribution in [2.24, 2.45) is 5.73 Å². The van der Waals surface area contributed by atoms with Crippen LogP contribution >= 0.6 is 0 Å². The van der Waals surface area contributed by atoms with Crippen LogP contribution in [0.2, 0.25) is 0 Å². The number of hydrogen-bond donors (Lipinski definition) is 2. The third-order valence-corrected chi connectivity index (χ3v) is 1.73. The number of aliphatic hydroxyl groups is 1. The van der Waals surface area contributed by atoms with Gasteiger partial charge in [0.1, 0.15) is 0 Å². The zero-order valence-electron chi connectivity index (χ0n) is 8.36. The molecule has 3 N–H and O–H groups in total. The van der Waals surface area contributed by atoms with E-state index in [1.165, 1.54) is 0 Å². The molecule has 0 aliphatic carbocycles. The second-order valence-corrected chi connectivity index (χ2v) is 4.07. The molecule has 74 valence electrons. The highest BCUT2D eigenvalue weighted by molar-refractivity contribution is 5.08. The maximum absolute atomic E-state index is 9.53. The maximum atomic E-state index is 9.53. The van der Waals surface area contributed by atoms with Gasteiger partial charge in [0.2, 0.25) is 0 Å². The third kappa shape index (κ3) is 3.16. The molecule has 0 unspecified atom stereocenters. The molecule has 13 heavy (non-hydrogen) atoms. The summed E-state index contributed by atoms with van der Waals surface area (Å²) in [6.45, 7) is 5.89. The molecule has 1 aromatic heterocycles. The van der Waals surface area contributed by atoms with Crippen molar-refractivity contribution in [3.05, 3.63) is 18.0 Å². The van der Waals surface area contributed by atoms with Crippen LogP contribution in [0.1, 0.15) is 32.4 Å². The van der Waals surface area contributed by atoms with E-state index < -0.39 is 5.60 Å². The molecule has 1 aromatic rings. The molecule has 0 saturated heterocycles. The van der Waals surface area contributed by atoms with E-state index >= 15 is 0 Å². The molecule has 4 heteroatoms. The fraction of sp³-hybridized carbons (Fsp3) is 0.667. The largest absolute Gasteiger partial charge is 0.389 e. The Bertz CT molecular complexity index is 273. The molecule has 0 fully saturated rings. The van der Waals surface area contributed by atoms with Gasteiger partial charge in [0.05, 0.1) is 18.3 Å². The Morgan fingerprint density at radius 1 is 1.69 bits per heavy atom. The van der Waals surface area contributed by atoms with Gasteiger partial charge in [-0.05, 0) is 20.8 Å². The summed E-state index contributed by atoms with van der Waals surface area (Å²) < 4.78 is 1.71. The molecule has 0 amide bonds. The van der Waals surface area contributed by atoms with Crippen LogP contribution < -0.4 is 5.73 Å². The van der Waals surface area contributed by atoms with Crippen molar-refractivity contribution in [3.8, 4) is 0 Å². The zero-order chi connectivity index (χ0) is 10.1. The lowest BCUT2D eigenvalue weighted by molar-refractivity contribution is 0.0577. The van der Waals surface area contributed by atoms with Crippen molar-refractivity contribution < 1.29 is 5.11 Å². The molecule has 1 heterocycles. The minimum Gasteiger partial charge on any atom is -0.389 e. The summed E-state index contributed by atoms with van der Waals surface area (Å²) in [6.07, 6.45) is 3.60. The van der Waals surface area contributed by atoms with Crippen molar-refractivity contribution in [1.29, 1.82) is 0 Å². The Morgan fingerprint density at radius 2 is 2.31 bits per heavy atom. The molecule has 1 rings (SSSR count). The molecule has 0 aliphatic heterocycles. The molecular weight excluding hydrogens is 166 g/mol. The van der Waals surface area contributed by atoms with E-state index in [1.54, 1.807) is 24.7 Å². The van der Waals surface area contributed by atoms with Crippen LogP contribution in [0.5, 0.6) is 0 Å². The topological polar surface area (TPSA) is 64.1 Å². The van der Waals surface area contributed by atoms with Gasteiger partial charge in [0.15, 0.2) is 0 Å². The second kappa shape index (κ2) is 3.47. The predicted octanol–water partition coefficient (Wildman–Crippen LogP) is 0.674. The first-order valence-electron chi connectivity index (χ1n) is 4.39. The van der Waals surface area contributed by atoms with Crippen LogP contribution in [0.25, 0.3) is 0 Å². The Hall–Kier alpha value is -0.870. The van der Waals surface area contributed by atoms with Gasteiger partial charge in [0.25, 0.3) is 0 Å². The molecule has 4 nitrogen and oxygen atoms in total. The average molecular weight is 183 g/mol. The average Bonchev–Trinajstić information content (AvgIpc) is 2.31. The smallest absolute Gasteiger partial charge is 0.0786 e. The van der Waals surface area contributed by atoms with Gasteiger partial charge in [-0.3, -0.25) is 4.68 Å². The lowest BCUT2D eigenvalue weighted by Gasteiger charge is -2.16. The quantitative estimate of drug-likeness (QED) is 0.724. The lowest BCUT2D eigenvalue weighted by atomic mass is 10.1. The first-order valence-corrected chi connectivity index (χ1v) is 4.39. The summed E-state index contributed by atoms with van der Waals surface area (Å²) >= 11 is 0. The first-order chi connectivity index (χ1) is 5.88. The number of rotatable bonds is 3. The van der Waals surface area contributed by atoms with Crippen molar-refractivity contribution >= 4 is 0 Å². The second-order valence-electron chi connectivity index (χ2n) is 4.07. The van der Waals surface area contributed by atoms with E-state index in [0.717, 1.165) is 5.56 Å². The maximum Gasteiger partial charge on any atom is 0.0786 e. The summed E-state index contributed by atoms with van der Waals surface area (Å²) in [5, 5.41) is 13.6. The Kier molecular flexibility index (Phi) is 2.73. The van der Waals surface area contributed by atoms with E-state index in [0.29, 0.717) is 6.54 Å². The van der Waals surface area contributed by atoms with E-state index in [1.807, 2.05) is 13.1 Å². The first kappa shape index (κ1) is 10.2. The van der Waals surface area contributed by atoms with Crippen molar-refractivity contribution in [3.63, 3.8) is 0 Å². The van der Waals surface area contributed by atoms with Gasteiger partial charge in [-0.25, -0.2) is 0 Å².